The minimum absolute atomic E-state index is 0.156. The molecule has 0 saturated carbocycles. The first-order valence-electron chi connectivity index (χ1n) is 8.61. The van der Waals surface area contributed by atoms with Gasteiger partial charge in [-0.15, -0.1) is 10.2 Å². The molecule has 3 rings (SSSR count). The molecular formula is C19H20F2N6. The lowest BCUT2D eigenvalue weighted by Gasteiger charge is -2.13. The van der Waals surface area contributed by atoms with E-state index in [1.807, 2.05) is 0 Å². The Balaban J connectivity index is 2.07. The molecule has 0 spiro atoms. The number of aryl methyl sites for hydroxylation is 1. The Bertz CT molecular complexity index is 1030. The predicted octanol–water partition coefficient (Wildman–Crippen LogP) is 4.06. The molecule has 0 N–H and O–H groups in total. The fourth-order valence-corrected chi connectivity index (χ4v) is 2.94. The fraction of sp³-hybridized carbons (Fsp3) is 0.263. The lowest BCUT2D eigenvalue weighted by atomic mass is 10.1. The first kappa shape index (κ1) is 18.6. The lowest BCUT2D eigenvalue weighted by Crippen LogP contribution is -2.10. The van der Waals surface area contributed by atoms with Crippen molar-refractivity contribution >= 4 is 11.2 Å². The number of halogens is 2. The van der Waals surface area contributed by atoms with E-state index in [2.05, 4.69) is 33.7 Å². The van der Waals surface area contributed by atoms with E-state index in [9.17, 15) is 8.78 Å². The minimum Gasteiger partial charge on any atom is -0.325 e. The van der Waals surface area contributed by atoms with Crippen LogP contribution in [-0.2, 0) is 13.0 Å². The van der Waals surface area contributed by atoms with E-state index in [1.165, 1.54) is 18.3 Å². The molecule has 3 aromatic heterocycles. The van der Waals surface area contributed by atoms with E-state index in [0.29, 0.717) is 6.54 Å². The minimum atomic E-state index is -0.882. The van der Waals surface area contributed by atoms with Crippen LogP contribution in [0, 0.1) is 0 Å². The summed E-state index contributed by atoms with van der Waals surface area (Å²) in [6, 6.07) is 0. The predicted molar refractivity (Wildman–Crippen MR) is 99.2 cm³/mol. The number of fused-ring (bicyclic) bond motifs is 1. The maximum atomic E-state index is 14.4. The van der Waals surface area contributed by atoms with Crippen LogP contribution in [0.4, 0.5) is 8.78 Å². The van der Waals surface area contributed by atoms with Crippen LogP contribution < -0.4 is 0 Å². The number of nitrogens with zero attached hydrogens (tertiary/aromatic N) is 6. The molecule has 0 unspecified atom stereocenters. The number of hydrogen-bond donors (Lipinski definition) is 0. The molecule has 0 aliphatic heterocycles. The molecule has 0 amide bonds. The third-order valence-electron chi connectivity index (χ3n) is 4.11. The highest BCUT2D eigenvalue weighted by atomic mass is 19.1. The van der Waals surface area contributed by atoms with Gasteiger partial charge in [0.15, 0.2) is 5.65 Å². The maximum absolute atomic E-state index is 14.4. The molecule has 0 fully saturated rings. The van der Waals surface area contributed by atoms with Crippen LogP contribution in [0.5, 0.6) is 0 Å². The van der Waals surface area contributed by atoms with E-state index in [0.717, 1.165) is 29.7 Å². The van der Waals surface area contributed by atoms with Gasteiger partial charge in [0.05, 0.1) is 17.8 Å². The molecule has 0 atom stereocenters. The Kier molecular flexibility index (Phi) is 5.54. The van der Waals surface area contributed by atoms with Crippen LogP contribution in [0.2, 0.25) is 0 Å². The molecule has 0 aliphatic rings. The van der Waals surface area contributed by atoms with Crippen molar-refractivity contribution in [3.8, 4) is 0 Å². The number of aromatic nitrogens is 6. The Morgan fingerprint density at radius 2 is 2.07 bits per heavy atom. The number of imidazole rings is 1. The van der Waals surface area contributed by atoms with E-state index < -0.39 is 11.7 Å². The Morgan fingerprint density at radius 1 is 1.26 bits per heavy atom. The van der Waals surface area contributed by atoms with E-state index in [4.69, 9.17) is 0 Å². The topological polar surface area (TPSA) is 60.9 Å². The fourth-order valence-electron chi connectivity index (χ4n) is 2.94. The summed E-state index contributed by atoms with van der Waals surface area (Å²) in [6.07, 6.45) is 10.7. The van der Waals surface area contributed by atoms with Gasteiger partial charge in [0.25, 0.3) is 0 Å². The van der Waals surface area contributed by atoms with Gasteiger partial charge in [-0.05, 0) is 19.4 Å². The molecule has 140 valence electrons. The molecule has 0 aliphatic carbocycles. The largest absolute Gasteiger partial charge is 0.325 e. The zero-order valence-electron chi connectivity index (χ0n) is 15.2. The summed E-state index contributed by atoms with van der Waals surface area (Å²) in [5.74, 6) is -1.46. The van der Waals surface area contributed by atoms with E-state index >= 15 is 0 Å². The van der Waals surface area contributed by atoms with Gasteiger partial charge >= 0.3 is 0 Å². The summed E-state index contributed by atoms with van der Waals surface area (Å²) in [6.45, 7) is 7.27. The number of allylic oxidation sites excluding steroid dienone is 5. The summed E-state index contributed by atoms with van der Waals surface area (Å²) >= 11 is 0. The second-order valence-corrected chi connectivity index (χ2v) is 5.99. The van der Waals surface area contributed by atoms with Crippen LogP contribution in [-0.4, -0.2) is 29.1 Å². The summed E-state index contributed by atoms with van der Waals surface area (Å²) in [5, 5.41) is 8.08. The molecule has 3 aromatic rings. The average Bonchev–Trinajstić information content (AvgIpc) is 3.27. The van der Waals surface area contributed by atoms with E-state index in [1.54, 1.807) is 34.7 Å². The monoisotopic (exact) mass is 370 g/mol. The van der Waals surface area contributed by atoms with Crippen molar-refractivity contribution in [2.75, 3.05) is 0 Å². The standard InChI is InChI=1S/C19H20F2N6/c1-4-6-14-16(23-11-27-12-24-25-18(14)27)10-26-9-8-22-19(26)17(13(3)20)15(21)7-5-2/h5,7-9,11-12H,3-4,6,10H2,1-2H3/b7-5-,17-15-. The highest BCUT2D eigenvalue weighted by Crippen LogP contribution is 2.28. The quantitative estimate of drug-likeness (QED) is 0.589. The molecule has 3 heterocycles. The van der Waals surface area contributed by atoms with Crippen molar-refractivity contribution in [2.24, 2.45) is 0 Å². The zero-order valence-corrected chi connectivity index (χ0v) is 15.2. The van der Waals surface area contributed by atoms with Crippen molar-refractivity contribution in [1.29, 1.82) is 0 Å². The molecule has 27 heavy (non-hydrogen) atoms. The summed E-state index contributed by atoms with van der Waals surface area (Å²) in [5.41, 5.74) is 2.18. The Labute approximate surface area is 155 Å². The van der Waals surface area contributed by atoms with Gasteiger partial charge in [0.2, 0.25) is 0 Å². The average molecular weight is 370 g/mol. The normalized spacial score (nSPS) is 12.7. The molecule has 0 saturated heterocycles. The van der Waals surface area contributed by atoms with Gasteiger partial charge < -0.3 is 4.57 Å². The van der Waals surface area contributed by atoms with Crippen LogP contribution in [0.15, 0.2) is 55.4 Å². The van der Waals surface area contributed by atoms with Crippen molar-refractivity contribution < 1.29 is 8.78 Å². The van der Waals surface area contributed by atoms with Crippen LogP contribution >= 0.6 is 0 Å². The van der Waals surface area contributed by atoms with Crippen molar-refractivity contribution in [3.63, 3.8) is 0 Å². The first-order chi connectivity index (χ1) is 13.1. The van der Waals surface area contributed by atoms with Gasteiger partial charge in [0, 0.05) is 18.0 Å². The zero-order chi connectivity index (χ0) is 19.4. The summed E-state index contributed by atoms with van der Waals surface area (Å²) in [7, 11) is 0. The van der Waals surface area contributed by atoms with Crippen LogP contribution in [0.25, 0.3) is 11.2 Å². The summed E-state index contributed by atoms with van der Waals surface area (Å²) in [4.78, 5) is 8.63. The SMILES string of the molecule is C=C(F)/C(=C(F)\C=C/C)c1nccn1Cc1ncn2cnnc2c1CCC. The Hall–Kier alpha value is -3.16. The van der Waals surface area contributed by atoms with Gasteiger partial charge in [-0.25, -0.2) is 18.7 Å². The molecular weight excluding hydrogens is 350 g/mol. The molecule has 0 bridgehead atoms. The second-order valence-electron chi connectivity index (χ2n) is 5.99. The molecule has 6 nitrogen and oxygen atoms in total. The smallest absolute Gasteiger partial charge is 0.166 e. The number of hydrogen-bond acceptors (Lipinski definition) is 4. The first-order valence-corrected chi connectivity index (χ1v) is 8.61. The van der Waals surface area contributed by atoms with Crippen LogP contribution in [0.1, 0.15) is 37.4 Å². The third kappa shape index (κ3) is 3.69. The highest BCUT2D eigenvalue weighted by Gasteiger charge is 2.19. The van der Waals surface area contributed by atoms with E-state index in [-0.39, 0.29) is 11.4 Å². The molecule has 0 radical (unpaired) electrons. The number of rotatable bonds is 7. The highest BCUT2D eigenvalue weighted by molar-refractivity contribution is 5.76. The van der Waals surface area contributed by atoms with Crippen molar-refractivity contribution in [2.45, 2.75) is 33.2 Å². The molecule has 0 aromatic carbocycles. The lowest BCUT2D eigenvalue weighted by molar-refractivity contribution is 0.633. The Morgan fingerprint density at radius 3 is 2.78 bits per heavy atom. The van der Waals surface area contributed by atoms with Gasteiger partial charge in [-0.3, -0.25) is 4.40 Å². The van der Waals surface area contributed by atoms with Crippen molar-refractivity contribution in [3.05, 3.63) is 72.5 Å². The summed E-state index contributed by atoms with van der Waals surface area (Å²) < 4.78 is 31.7. The van der Waals surface area contributed by atoms with Crippen LogP contribution in [0.3, 0.4) is 0 Å². The van der Waals surface area contributed by atoms with Crippen molar-refractivity contribution in [1.82, 2.24) is 29.1 Å². The maximum Gasteiger partial charge on any atom is 0.166 e. The van der Waals surface area contributed by atoms with Gasteiger partial charge in [-0.1, -0.05) is 26.0 Å². The second kappa shape index (κ2) is 8.03. The van der Waals surface area contributed by atoms with Gasteiger partial charge in [0.1, 0.15) is 30.1 Å². The third-order valence-corrected chi connectivity index (χ3v) is 4.11. The molecule has 8 heteroatoms. The van der Waals surface area contributed by atoms with Gasteiger partial charge in [-0.2, -0.15) is 0 Å².